The molecule has 1 amide bonds. The normalized spacial score (nSPS) is 18.4. The van der Waals surface area contributed by atoms with Gasteiger partial charge in [-0.2, -0.15) is 0 Å². The van der Waals surface area contributed by atoms with E-state index in [1.807, 2.05) is 20.8 Å². The Morgan fingerprint density at radius 1 is 1.29 bits per heavy atom. The van der Waals surface area contributed by atoms with E-state index in [2.05, 4.69) is 34.8 Å². The maximum absolute atomic E-state index is 12.0. The first-order chi connectivity index (χ1) is 12.7. The summed E-state index contributed by atoms with van der Waals surface area (Å²) in [5.74, 6) is 0.959. The standard InChI is InChI=1S/C19H38N4O4.HI/c1-14(2)16(23-18(24)27-19(3,4)5)12-22-17(20-6)21-9-7-10-26-15-8-11-25-13-15;/h14-16H,7-13H2,1-6H3,(H,23,24)(H2,20,21,22);1H. The van der Waals surface area contributed by atoms with Crippen LogP contribution in [0.2, 0.25) is 0 Å². The minimum atomic E-state index is -0.511. The molecule has 3 N–H and O–H groups in total. The predicted octanol–water partition coefficient (Wildman–Crippen LogP) is 2.51. The van der Waals surface area contributed by atoms with E-state index in [4.69, 9.17) is 14.2 Å². The molecule has 0 bridgehead atoms. The summed E-state index contributed by atoms with van der Waals surface area (Å²) in [7, 11) is 1.73. The van der Waals surface area contributed by atoms with Gasteiger partial charge in [-0.25, -0.2) is 4.79 Å². The molecule has 0 saturated carbocycles. The Hall–Kier alpha value is -0.810. The lowest BCUT2D eigenvalue weighted by molar-refractivity contribution is 0.0419. The second-order valence-corrected chi connectivity index (χ2v) is 8.09. The number of nitrogens with zero attached hydrogens (tertiary/aromatic N) is 1. The molecule has 8 nitrogen and oxygen atoms in total. The lowest BCUT2D eigenvalue weighted by Crippen LogP contribution is -2.50. The van der Waals surface area contributed by atoms with E-state index in [-0.39, 0.29) is 42.0 Å². The van der Waals surface area contributed by atoms with E-state index in [0.717, 1.165) is 26.0 Å². The Labute approximate surface area is 186 Å². The molecule has 0 radical (unpaired) electrons. The van der Waals surface area contributed by atoms with Crippen LogP contribution in [0.25, 0.3) is 0 Å². The van der Waals surface area contributed by atoms with Gasteiger partial charge in [-0.05, 0) is 39.5 Å². The van der Waals surface area contributed by atoms with Crippen LogP contribution in [0.3, 0.4) is 0 Å². The van der Waals surface area contributed by atoms with Gasteiger partial charge in [0.1, 0.15) is 5.60 Å². The summed E-state index contributed by atoms with van der Waals surface area (Å²) in [5.41, 5.74) is -0.511. The Balaban J connectivity index is 0.00000729. The van der Waals surface area contributed by atoms with Crippen molar-refractivity contribution < 1.29 is 19.0 Å². The lowest BCUT2D eigenvalue weighted by Gasteiger charge is -2.26. The van der Waals surface area contributed by atoms with Crippen LogP contribution in [0.4, 0.5) is 4.79 Å². The second kappa shape index (κ2) is 14.2. The monoisotopic (exact) mass is 514 g/mol. The molecule has 28 heavy (non-hydrogen) atoms. The maximum atomic E-state index is 12.0. The number of alkyl carbamates (subject to hydrolysis) is 1. The summed E-state index contributed by atoms with van der Waals surface area (Å²) in [6, 6.07) is -0.0656. The molecule has 0 aromatic heterocycles. The van der Waals surface area contributed by atoms with Crippen molar-refractivity contribution in [3.05, 3.63) is 0 Å². The highest BCUT2D eigenvalue weighted by molar-refractivity contribution is 14.0. The fourth-order valence-electron chi connectivity index (χ4n) is 2.51. The average Bonchev–Trinajstić information content (AvgIpc) is 3.07. The van der Waals surface area contributed by atoms with Crippen LogP contribution < -0.4 is 16.0 Å². The molecule has 9 heteroatoms. The van der Waals surface area contributed by atoms with Crippen LogP contribution in [0, 0.1) is 5.92 Å². The molecule has 1 heterocycles. The van der Waals surface area contributed by atoms with Crippen molar-refractivity contribution in [1.82, 2.24) is 16.0 Å². The largest absolute Gasteiger partial charge is 0.444 e. The average molecular weight is 514 g/mol. The first-order valence-electron chi connectivity index (χ1n) is 9.84. The van der Waals surface area contributed by atoms with Gasteiger partial charge >= 0.3 is 6.09 Å². The van der Waals surface area contributed by atoms with Crippen molar-refractivity contribution in [2.24, 2.45) is 10.9 Å². The smallest absolute Gasteiger partial charge is 0.407 e. The molecular weight excluding hydrogens is 475 g/mol. The van der Waals surface area contributed by atoms with Crippen molar-refractivity contribution in [1.29, 1.82) is 0 Å². The van der Waals surface area contributed by atoms with E-state index in [1.165, 1.54) is 0 Å². The number of nitrogens with one attached hydrogen (secondary N) is 3. The Morgan fingerprint density at radius 2 is 2.00 bits per heavy atom. The van der Waals surface area contributed by atoms with Crippen molar-refractivity contribution in [3.63, 3.8) is 0 Å². The van der Waals surface area contributed by atoms with Crippen LogP contribution in [0.5, 0.6) is 0 Å². The van der Waals surface area contributed by atoms with Crippen LogP contribution in [0.15, 0.2) is 4.99 Å². The molecule has 1 saturated heterocycles. The van der Waals surface area contributed by atoms with Gasteiger partial charge in [-0.15, -0.1) is 24.0 Å². The van der Waals surface area contributed by atoms with Gasteiger partial charge in [0, 0.05) is 33.4 Å². The first-order valence-corrected chi connectivity index (χ1v) is 9.84. The summed E-state index contributed by atoms with van der Waals surface area (Å²) in [6.45, 7) is 13.2. The third kappa shape index (κ3) is 12.6. The van der Waals surface area contributed by atoms with Crippen molar-refractivity contribution in [2.75, 3.05) is 40.0 Å². The van der Waals surface area contributed by atoms with Gasteiger partial charge < -0.3 is 30.2 Å². The van der Waals surface area contributed by atoms with Gasteiger partial charge in [-0.1, -0.05) is 13.8 Å². The third-order valence-electron chi connectivity index (χ3n) is 4.07. The molecule has 1 rings (SSSR count). The molecule has 0 aliphatic carbocycles. The number of carbonyl (C=O) groups excluding carboxylic acids is 1. The highest BCUT2D eigenvalue weighted by atomic mass is 127. The number of hydrogen-bond acceptors (Lipinski definition) is 5. The van der Waals surface area contributed by atoms with Crippen molar-refractivity contribution >= 4 is 36.0 Å². The highest BCUT2D eigenvalue weighted by Gasteiger charge is 2.21. The van der Waals surface area contributed by atoms with E-state index < -0.39 is 11.7 Å². The van der Waals surface area contributed by atoms with E-state index in [1.54, 1.807) is 7.05 Å². The lowest BCUT2D eigenvalue weighted by atomic mass is 10.0. The zero-order chi connectivity index (χ0) is 20.3. The van der Waals surface area contributed by atoms with Crippen LogP contribution in [0.1, 0.15) is 47.5 Å². The molecule has 1 aliphatic rings. The fraction of sp³-hybridized carbons (Fsp3) is 0.895. The molecule has 0 aromatic carbocycles. The number of aliphatic imine (C=N–C) groups is 1. The number of hydrogen-bond donors (Lipinski definition) is 3. The van der Waals surface area contributed by atoms with Crippen LogP contribution >= 0.6 is 24.0 Å². The Kier molecular flexibility index (Phi) is 13.8. The molecule has 2 atom stereocenters. The first kappa shape index (κ1) is 27.2. The number of halogens is 1. The van der Waals surface area contributed by atoms with Gasteiger partial charge in [0.05, 0.1) is 18.8 Å². The van der Waals surface area contributed by atoms with E-state index in [9.17, 15) is 4.79 Å². The van der Waals surface area contributed by atoms with E-state index in [0.29, 0.717) is 25.7 Å². The number of carbonyl (C=O) groups is 1. The predicted molar refractivity (Wildman–Crippen MR) is 123 cm³/mol. The Bertz CT molecular complexity index is 463. The summed E-state index contributed by atoms with van der Waals surface area (Å²) in [4.78, 5) is 16.2. The summed E-state index contributed by atoms with van der Waals surface area (Å²) in [6.07, 6.45) is 1.71. The molecule has 166 valence electrons. The van der Waals surface area contributed by atoms with Crippen molar-refractivity contribution in [2.45, 2.75) is 65.2 Å². The molecule has 2 unspecified atom stereocenters. The fourth-order valence-corrected chi connectivity index (χ4v) is 2.51. The van der Waals surface area contributed by atoms with Gasteiger partial charge in [0.2, 0.25) is 0 Å². The van der Waals surface area contributed by atoms with Gasteiger partial charge in [-0.3, -0.25) is 4.99 Å². The van der Waals surface area contributed by atoms with E-state index >= 15 is 0 Å². The minimum Gasteiger partial charge on any atom is -0.444 e. The quantitative estimate of drug-likeness (QED) is 0.190. The zero-order valence-corrected chi connectivity index (χ0v) is 20.5. The number of amides is 1. The number of ether oxygens (including phenoxy) is 3. The Morgan fingerprint density at radius 3 is 2.54 bits per heavy atom. The summed E-state index contributed by atoms with van der Waals surface area (Å²) < 4.78 is 16.4. The highest BCUT2D eigenvalue weighted by Crippen LogP contribution is 2.09. The molecule has 1 fully saturated rings. The number of rotatable bonds is 9. The van der Waals surface area contributed by atoms with Gasteiger partial charge in [0.15, 0.2) is 5.96 Å². The topological polar surface area (TPSA) is 93.2 Å². The maximum Gasteiger partial charge on any atom is 0.407 e. The minimum absolute atomic E-state index is 0. The third-order valence-corrected chi connectivity index (χ3v) is 4.07. The van der Waals surface area contributed by atoms with Gasteiger partial charge in [0.25, 0.3) is 0 Å². The molecule has 0 aromatic rings. The number of guanidine groups is 1. The molecular formula is C19H39IN4O4. The summed E-state index contributed by atoms with van der Waals surface area (Å²) in [5, 5.41) is 9.45. The van der Waals surface area contributed by atoms with Crippen LogP contribution in [-0.4, -0.2) is 69.8 Å². The molecule has 1 aliphatic heterocycles. The van der Waals surface area contributed by atoms with Crippen LogP contribution in [-0.2, 0) is 14.2 Å². The molecule has 0 spiro atoms. The summed E-state index contributed by atoms with van der Waals surface area (Å²) >= 11 is 0. The second-order valence-electron chi connectivity index (χ2n) is 8.09. The van der Waals surface area contributed by atoms with Crippen molar-refractivity contribution in [3.8, 4) is 0 Å². The SMILES string of the molecule is CN=C(NCCCOC1CCOC1)NCC(NC(=O)OC(C)(C)C)C(C)C.I. The zero-order valence-electron chi connectivity index (χ0n) is 18.2.